The fraction of sp³-hybridized carbons (Fsp3) is 0.579. The molecule has 0 radical (unpaired) electrons. The van der Waals surface area contributed by atoms with E-state index in [4.69, 9.17) is 9.47 Å². The second-order valence-corrected chi connectivity index (χ2v) is 6.61. The number of ether oxygens (including phenoxy) is 2. The van der Waals surface area contributed by atoms with E-state index in [1.807, 2.05) is 13.0 Å². The number of nitrogens with one attached hydrogen (secondary N) is 1. The predicted octanol–water partition coefficient (Wildman–Crippen LogP) is 2.71. The quantitative estimate of drug-likeness (QED) is 0.756. The van der Waals surface area contributed by atoms with Crippen molar-refractivity contribution in [2.45, 2.75) is 38.9 Å². The van der Waals surface area contributed by atoms with Gasteiger partial charge in [0.15, 0.2) is 5.76 Å². The number of carbonyl (C=O) groups excluding carboxylic acids is 1. The summed E-state index contributed by atoms with van der Waals surface area (Å²) in [6.45, 7) is 2.60. The number of aromatic nitrogens is 1. The number of hydrogen-bond acceptors (Lipinski definition) is 5. The Balaban J connectivity index is 1.77. The van der Waals surface area contributed by atoms with Crippen LogP contribution in [0.1, 0.15) is 32.6 Å². The Labute approximate surface area is 148 Å². The molecule has 3 atom stereocenters. The van der Waals surface area contributed by atoms with Gasteiger partial charge in [-0.1, -0.05) is 0 Å². The van der Waals surface area contributed by atoms with Crippen molar-refractivity contribution in [1.82, 2.24) is 4.98 Å². The van der Waals surface area contributed by atoms with E-state index >= 15 is 0 Å². The molecule has 1 aromatic rings. The first kappa shape index (κ1) is 17.9. The monoisotopic (exact) mass is 346 g/mol. The summed E-state index contributed by atoms with van der Waals surface area (Å²) in [6.07, 6.45) is 8.67. The van der Waals surface area contributed by atoms with Gasteiger partial charge in [-0.15, -0.1) is 0 Å². The summed E-state index contributed by atoms with van der Waals surface area (Å²) in [5.74, 6) is 1.06. The van der Waals surface area contributed by atoms with Crippen molar-refractivity contribution in [2.75, 3.05) is 18.5 Å². The third-order valence-electron chi connectivity index (χ3n) is 4.77. The van der Waals surface area contributed by atoms with Crippen LogP contribution in [0.5, 0.6) is 0 Å². The fourth-order valence-electron chi connectivity index (χ4n) is 3.43. The highest BCUT2D eigenvalue weighted by Gasteiger charge is 2.43. The largest absolute Gasteiger partial charge is 0.459 e. The molecule has 1 aliphatic carbocycles. The number of pyridine rings is 1. The first-order chi connectivity index (χ1) is 12.2. The highest BCUT2D eigenvalue weighted by molar-refractivity contribution is 6.02. The van der Waals surface area contributed by atoms with E-state index in [1.54, 1.807) is 24.5 Å². The minimum Gasteiger partial charge on any atom is -0.459 e. The molecule has 1 amide bonds. The zero-order chi connectivity index (χ0) is 17.6. The number of aliphatic hydroxyl groups is 1. The van der Waals surface area contributed by atoms with Crippen LogP contribution in [0, 0.1) is 17.8 Å². The first-order valence-electron chi connectivity index (χ1n) is 9.05. The summed E-state index contributed by atoms with van der Waals surface area (Å²) in [6, 6.07) is 3.56. The van der Waals surface area contributed by atoms with Crippen molar-refractivity contribution in [2.24, 2.45) is 17.8 Å². The number of allylic oxidation sites excluding steroid dienone is 1. The Kier molecular flexibility index (Phi) is 6.04. The van der Waals surface area contributed by atoms with Crippen molar-refractivity contribution >= 4 is 11.6 Å². The summed E-state index contributed by atoms with van der Waals surface area (Å²) in [7, 11) is 0. The zero-order valence-electron chi connectivity index (χ0n) is 14.6. The molecule has 2 N–H and O–H groups in total. The van der Waals surface area contributed by atoms with Crippen molar-refractivity contribution in [3.05, 3.63) is 36.4 Å². The topological polar surface area (TPSA) is 80.7 Å². The normalized spacial score (nSPS) is 25.8. The Morgan fingerprint density at radius 2 is 2.32 bits per heavy atom. The number of aliphatic hydroxyl groups excluding tert-OH is 1. The van der Waals surface area contributed by atoms with Crippen LogP contribution >= 0.6 is 0 Å². The van der Waals surface area contributed by atoms with E-state index in [2.05, 4.69) is 10.3 Å². The second kappa shape index (κ2) is 8.45. The number of amides is 1. The minimum atomic E-state index is -0.443. The van der Waals surface area contributed by atoms with Crippen LogP contribution in [-0.2, 0) is 14.3 Å². The van der Waals surface area contributed by atoms with Crippen LogP contribution in [0.2, 0.25) is 0 Å². The van der Waals surface area contributed by atoms with Gasteiger partial charge in [0.2, 0.25) is 6.29 Å². The van der Waals surface area contributed by atoms with Gasteiger partial charge in [0, 0.05) is 25.3 Å². The SMILES string of the molecule is CCO[C@@H]1OC(C(=O)Nc2cccnc2)=C[C@H](C2CC2)[C@H]1CCCO. The number of carbonyl (C=O) groups is 1. The summed E-state index contributed by atoms with van der Waals surface area (Å²) in [5.41, 5.74) is 0.635. The minimum absolute atomic E-state index is 0.158. The van der Waals surface area contributed by atoms with Gasteiger partial charge in [-0.3, -0.25) is 9.78 Å². The Hall–Kier alpha value is -1.92. The van der Waals surface area contributed by atoms with Crippen LogP contribution in [0.15, 0.2) is 36.4 Å². The molecule has 136 valence electrons. The third-order valence-corrected chi connectivity index (χ3v) is 4.77. The molecule has 0 spiro atoms. The Morgan fingerprint density at radius 1 is 1.48 bits per heavy atom. The predicted molar refractivity (Wildman–Crippen MR) is 93.5 cm³/mol. The van der Waals surface area contributed by atoms with Crippen LogP contribution in [0.25, 0.3) is 0 Å². The first-order valence-corrected chi connectivity index (χ1v) is 9.05. The zero-order valence-corrected chi connectivity index (χ0v) is 14.6. The van der Waals surface area contributed by atoms with Gasteiger partial charge in [0.05, 0.1) is 11.9 Å². The van der Waals surface area contributed by atoms with Gasteiger partial charge < -0.3 is 19.9 Å². The van der Waals surface area contributed by atoms with E-state index < -0.39 is 6.29 Å². The molecular formula is C19H26N2O4. The summed E-state index contributed by atoms with van der Waals surface area (Å²) in [5, 5.41) is 12.0. The number of anilines is 1. The van der Waals surface area contributed by atoms with E-state index in [0.29, 0.717) is 30.4 Å². The molecule has 1 aliphatic heterocycles. The molecule has 6 nitrogen and oxygen atoms in total. The highest BCUT2D eigenvalue weighted by Crippen LogP contribution is 2.47. The number of rotatable bonds is 8. The fourth-order valence-corrected chi connectivity index (χ4v) is 3.43. The van der Waals surface area contributed by atoms with Crippen molar-refractivity contribution in [3.8, 4) is 0 Å². The number of nitrogens with zero attached hydrogens (tertiary/aromatic N) is 1. The summed E-state index contributed by atoms with van der Waals surface area (Å²) < 4.78 is 11.7. The van der Waals surface area contributed by atoms with Crippen molar-refractivity contribution in [3.63, 3.8) is 0 Å². The average molecular weight is 346 g/mol. The van der Waals surface area contributed by atoms with Gasteiger partial charge in [0.1, 0.15) is 0 Å². The van der Waals surface area contributed by atoms with Crippen LogP contribution in [0.4, 0.5) is 5.69 Å². The van der Waals surface area contributed by atoms with Crippen molar-refractivity contribution in [1.29, 1.82) is 0 Å². The molecule has 0 unspecified atom stereocenters. The van der Waals surface area contributed by atoms with E-state index in [0.717, 1.165) is 6.42 Å². The van der Waals surface area contributed by atoms with Crippen molar-refractivity contribution < 1.29 is 19.4 Å². The molecular weight excluding hydrogens is 320 g/mol. The summed E-state index contributed by atoms with van der Waals surface area (Å²) in [4.78, 5) is 16.6. The molecule has 0 saturated heterocycles. The third kappa shape index (κ3) is 4.58. The molecule has 1 aromatic heterocycles. The standard InChI is InChI=1S/C19H26N2O4/c1-2-24-19-15(6-4-10-22)16(13-7-8-13)11-17(25-19)18(23)21-14-5-3-9-20-12-14/h3,5,9,11-13,15-16,19,22H,2,4,6-8,10H2,1H3,(H,21,23)/t15-,16-,19-/m1/s1. The molecule has 1 saturated carbocycles. The molecule has 25 heavy (non-hydrogen) atoms. The molecule has 3 rings (SSSR count). The second-order valence-electron chi connectivity index (χ2n) is 6.61. The number of hydrogen-bond donors (Lipinski definition) is 2. The molecule has 6 heteroatoms. The van der Waals surface area contributed by atoms with E-state index in [-0.39, 0.29) is 24.3 Å². The Morgan fingerprint density at radius 3 is 2.96 bits per heavy atom. The summed E-state index contributed by atoms with van der Waals surface area (Å²) >= 11 is 0. The smallest absolute Gasteiger partial charge is 0.290 e. The lowest BCUT2D eigenvalue weighted by molar-refractivity contribution is -0.172. The van der Waals surface area contributed by atoms with Crippen LogP contribution in [0.3, 0.4) is 0 Å². The molecule has 0 aromatic carbocycles. The Bertz CT molecular complexity index is 601. The molecule has 1 fully saturated rings. The molecule has 2 heterocycles. The van der Waals surface area contributed by atoms with Crippen LogP contribution < -0.4 is 5.32 Å². The van der Waals surface area contributed by atoms with Gasteiger partial charge in [-0.05, 0) is 62.7 Å². The van der Waals surface area contributed by atoms with Gasteiger partial charge in [-0.25, -0.2) is 0 Å². The maximum absolute atomic E-state index is 12.6. The highest BCUT2D eigenvalue weighted by atomic mass is 16.7. The lowest BCUT2D eigenvalue weighted by Crippen LogP contribution is -2.39. The maximum atomic E-state index is 12.6. The van der Waals surface area contributed by atoms with Gasteiger partial charge in [-0.2, -0.15) is 0 Å². The van der Waals surface area contributed by atoms with E-state index in [1.165, 1.54) is 12.8 Å². The van der Waals surface area contributed by atoms with Gasteiger partial charge >= 0.3 is 0 Å². The van der Waals surface area contributed by atoms with Crippen LogP contribution in [-0.4, -0.2) is 35.5 Å². The molecule has 2 aliphatic rings. The van der Waals surface area contributed by atoms with E-state index in [9.17, 15) is 9.90 Å². The molecule has 0 bridgehead atoms. The maximum Gasteiger partial charge on any atom is 0.290 e. The lowest BCUT2D eigenvalue weighted by atomic mass is 9.82. The average Bonchev–Trinajstić information content (AvgIpc) is 3.46. The van der Waals surface area contributed by atoms with Gasteiger partial charge in [0.25, 0.3) is 5.91 Å². The lowest BCUT2D eigenvalue weighted by Gasteiger charge is -2.37.